The standard InChI is InChI=1S/C100H60N2OS3/c1-2-28-69-64(23-1)58-89(75-31-5-3-29-73(69)75)101(87-44-12-7-33-77(87)81-40-19-42-83-79-35-10-15-48-93(79)105-99(81)83)67-26-17-24-61(56-67)62-51-54-86-96(60-62)104-95-50-22-39-72(98(86)95)65-52-53-70-66(55-65)59-90(76-32-6-4-30-74(70)76)102(68-27-18-25-63(57-68)71-38-21-47-92-97(71)85-37-9-14-46-91(85)103-92)88-45-13-8-34-78(88)82-41-20-43-84-80-36-11-16-49-94(80)106-100(82)84/h1-60H. The second kappa shape index (κ2) is 24.3. The highest BCUT2D eigenvalue weighted by Crippen LogP contribution is 2.53. The van der Waals surface area contributed by atoms with Crippen molar-refractivity contribution in [3.63, 3.8) is 0 Å². The normalized spacial score (nSPS) is 12.0. The van der Waals surface area contributed by atoms with Crippen molar-refractivity contribution < 1.29 is 4.42 Å². The zero-order chi connectivity index (χ0) is 69.5. The maximum atomic E-state index is 6.51. The molecule has 0 atom stereocenters. The lowest BCUT2D eigenvalue weighted by Gasteiger charge is -2.30. The highest BCUT2D eigenvalue weighted by Gasteiger charge is 2.27. The maximum absolute atomic E-state index is 6.51. The van der Waals surface area contributed by atoms with E-state index in [9.17, 15) is 0 Å². The highest BCUT2D eigenvalue weighted by molar-refractivity contribution is 7.27. The van der Waals surface area contributed by atoms with Crippen LogP contribution in [0.3, 0.4) is 0 Å². The Morgan fingerprint density at radius 1 is 0.198 bits per heavy atom. The van der Waals surface area contributed by atoms with Gasteiger partial charge in [0.2, 0.25) is 0 Å². The van der Waals surface area contributed by atoms with Crippen molar-refractivity contribution in [2.75, 3.05) is 9.80 Å². The van der Waals surface area contributed by atoms with Crippen molar-refractivity contribution in [2.45, 2.75) is 0 Å². The Labute approximate surface area is 622 Å². The van der Waals surface area contributed by atoms with Crippen LogP contribution in [-0.2, 0) is 0 Å². The molecule has 6 heteroatoms. The van der Waals surface area contributed by atoms with Gasteiger partial charge in [0, 0.05) is 116 Å². The Bertz CT molecular complexity index is 7390. The Balaban J connectivity index is 0.692. The molecule has 0 radical (unpaired) electrons. The van der Waals surface area contributed by atoms with Crippen molar-refractivity contribution >= 4 is 194 Å². The van der Waals surface area contributed by atoms with Crippen LogP contribution in [0.15, 0.2) is 368 Å². The van der Waals surface area contributed by atoms with Crippen LogP contribution in [0.25, 0.3) is 181 Å². The first kappa shape index (κ1) is 60.6. The zero-order valence-corrected chi connectivity index (χ0v) is 59.6. The second-order valence-corrected chi connectivity index (χ2v) is 30.9. The summed E-state index contributed by atoms with van der Waals surface area (Å²) in [5.41, 5.74) is 20.1. The molecule has 0 fully saturated rings. The maximum Gasteiger partial charge on any atom is 0.136 e. The van der Waals surface area contributed by atoms with Gasteiger partial charge in [0.25, 0.3) is 0 Å². The average Bonchev–Trinajstić information content (AvgIpc) is 0.952. The lowest BCUT2D eigenvalue weighted by Crippen LogP contribution is -2.12. The lowest BCUT2D eigenvalue weighted by atomic mass is 9.93. The van der Waals surface area contributed by atoms with E-state index in [-0.39, 0.29) is 0 Å². The molecule has 3 nitrogen and oxygen atoms in total. The van der Waals surface area contributed by atoms with Crippen molar-refractivity contribution in [1.82, 2.24) is 0 Å². The molecular weight excluding hydrogens is 1340 g/mol. The molecule has 4 aromatic heterocycles. The summed E-state index contributed by atoms with van der Waals surface area (Å²) in [4.78, 5) is 5.05. The van der Waals surface area contributed by atoms with Gasteiger partial charge in [-0.25, -0.2) is 0 Å². The van der Waals surface area contributed by atoms with E-state index in [4.69, 9.17) is 4.42 Å². The second-order valence-electron chi connectivity index (χ2n) is 27.7. The fourth-order valence-corrected chi connectivity index (χ4v) is 20.7. The summed E-state index contributed by atoms with van der Waals surface area (Å²) in [6, 6.07) is 135. The van der Waals surface area contributed by atoms with E-state index >= 15 is 0 Å². The summed E-state index contributed by atoms with van der Waals surface area (Å²) in [5, 5.41) is 19.5. The van der Waals surface area contributed by atoms with Crippen LogP contribution in [0.5, 0.6) is 0 Å². The molecule has 106 heavy (non-hydrogen) atoms. The molecule has 22 rings (SSSR count). The van der Waals surface area contributed by atoms with Gasteiger partial charge in [-0.05, 0) is 157 Å². The van der Waals surface area contributed by atoms with Gasteiger partial charge in [-0.1, -0.05) is 273 Å². The number of rotatable bonds is 11. The molecule has 18 aromatic carbocycles. The molecule has 0 saturated carbocycles. The summed E-state index contributed by atoms with van der Waals surface area (Å²) >= 11 is 5.63. The van der Waals surface area contributed by atoms with Crippen LogP contribution in [0, 0.1) is 0 Å². The van der Waals surface area contributed by atoms with Gasteiger partial charge < -0.3 is 14.2 Å². The summed E-state index contributed by atoms with van der Waals surface area (Å²) in [5.74, 6) is 0. The Hall–Kier alpha value is -12.9. The Morgan fingerprint density at radius 3 is 1.29 bits per heavy atom. The minimum absolute atomic E-state index is 0.877. The molecule has 0 saturated heterocycles. The van der Waals surface area contributed by atoms with Crippen molar-refractivity contribution in [3.8, 4) is 55.6 Å². The number of fused-ring (bicyclic) bond motifs is 18. The lowest BCUT2D eigenvalue weighted by molar-refractivity contribution is 0.669. The number of nitrogens with zero attached hydrogens (tertiary/aromatic N) is 2. The van der Waals surface area contributed by atoms with Gasteiger partial charge in [-0.2, -0.15) is 0 Å². The van der Waals surface area contributed by atoms with Gasteiger partial charge >= 0.3 is 0 Å². The molecule has 0 bridgehead atoms. The minimum atomic E-state index is 0.877. The number of furan rings is 1. The Morgan fingerprint density at radius 2 is 0.623 bits per heavy atom. The van der Waals surface area contributed by atoms with Crippen LogP contribution in [0.4, 0.5) is 34.1 Å². The molecule has 494 valence electrons. The smallest absolute Gasteiger partial charge is 0.136 e. The van der Waals surface area contributed by atoms with E-state index in [1.54, 1.807) is 0 Å². The third kappa shape index (κ3) is 9.62. The molecule has 0 amide bonds. The van der Waals surface area contributed by atoms with Crippen molar-refractivity contribution in [3.05, 3.63) is 364 Å². The van der Waals surface area contributed by atoms with Crippen LogP contribution >= 0.6 is 34.0 Å². The van der Waals surface area contributed by atoms with Gasteiger partial charge in [-0.3, -0.25) is 0 Å². The largest absolute Gasteiger partial charge is 0.456 e. The zero-order valence-electron chi connectivity index (χ0n) is 57.2. The van der Waals surface area contributed by atoms with E-state index in [1.165, 1.54) is 132 Å². The van der Waals surface area contributed by atoms with Gasteiger partial charge in [0.1, 0.15) is 11.2 Å². The molecule has 22 aromatic rings. The number of anilines is 6. The van der Waals surface area contributed by atoms with E-state index in [1.807, 2.05) is 40.1 Å². The first-order valence-electron chi connectivity index (χ1n) is 36.1. The molecule has 0 N–H and O–H groups in total. The van der Waals surface area contributed by atoms with Crippen LogP contribution < -0.4 is 9.80 Å². The van der Waals surface area contributed by atoms with Crippen LogP contribution in [-0.4, -0.2) is 0 Å². The fraction of sp³-hybridized carbons (Fsp3) is 0. The quantitative estimate of drug-likeness (QED) is 0.120. The number of para-hydroxylation sites is 3. The van der Waals surface area contributed by atoms with Crippen molar-refractivity contribution in [1.29, 1.82) is 0 Å². The molecule has 0 aliphatic carbocycles. The van der Waals surface area contributed by atoms with Gasteiger partial charge in [0.05, 0.1) is 22.7 Å². The summed E-state index contributed by atoms with van der Waals surface area (Å²) < 4.78 is 14.2. The number of hydrogen-bond donors (Lipinski definition) is 0. The van der Waals surface area contributed by atoms with E-state index in [2.05, 4.69) is 368 Å². The Kier molecular flexibility index (Phi) is 13.9. The highest BCUT2D eigenvalue weighted by atomic mass is 32.1. The predicted molar refractivity (Wildman–Crippen MR) is 459 cm³/mol. The molecule has 0 spiro atoms. The summed E-state index contributed by atoms with van der Waals surface area (Å²) in [7, 11) is 0. The number of benzene rings is 18. The first-order chi connectivity index (χ1) is 52.6. The fourth-order valence-electron chi connectivity index (χ4n) is 17.1. The van der Waals surface area contributed by atoms with Gasteiger partial charge in [0.15, 0.2) is 0 Å². The molecular formula is C100H60N2OS3. The third-order valence-corrected chi connectivity index (χ3v) is 25.4. The van der Waals surface area contributed by atoms with Crippen LogP contribution in [0.2, 0.25) is 0 Å². The molecule has 0 aliphatic rings. The monoisotopic (exact) mass is 1400 g/mol. The summed E-state index contributed by atoms with van der Waals surface area (Å²) in [6.07, 6.45) is 0. The molecule has 4 heterocycles. The summed E-state index contributed by atoms with van der Waals surface area (Å²) in [6.45, 7) is 0. The first-order valence-corrected chi connectivity index (χ1v) is 38.5. The van der Waals surface area contributed by atoms with Gasteiger partial charge in [-0.15, -0.1) is 34.0 Å². The van der Waals surface area contributed by atoms with E-state index in [0.29, 0.717) is 0 Å². The third-order valence-electron chi connectivity index (χ3n) is 21.8. The van der Waals surface area contributed by atoms with E-state index < -0.39 is 0 Å². The number of thiophene rings is 3. The predicted octanol–water partition coefficient (Wildman–Crippen LogP) is 30.6. The molecule has 0 unspecified atom stereocenters. The topological polar surface area (TPSA) is 19.6 Å². The average molecular weight is 1400 g/mol. The van der Waals surface area contributed by atoms with E-state index in [0.717, 1.165) is 83.7 Å². The number of hydrogen-bond acceptors (Lipinski definition) is 6. The van der Waals surface area contributed by atoms with Crippen LogP contribution in [0.1, 0.15) is 0 Å². The minimum Gasteiger partial charge on any atom is -0.456 e. The molecule has 0 aliphatic heterocycles. The van der Waals surface area contributed by atoms with Crippen molar-refractivity contribution in [2.24, 2.45) is 0 Å². The SMILES string of the molecule is c1cc(-c2ccc3c(c2)sc2cccc(-c4ccc5c(c4)cc(N(c4cccc(-c6cccc7oc8ccccc8c67)c4)c4ccccc4-c4cccc6c4sc4ccccc46)c4ccccc45)c23)cc(N(c2ccccc2-c2cccc3c2sc2ccccc23)c2cc3ccccc3c3ccccc23)c1.